The van der Waals surface area contributed by atoms with Crippen LogP contribution in [0.25, 0.3) is 0 Å². The van der Waals surface area contributed by atoms with Crippen LogP contribution in [0.3, 0.4) is 0 Å². The summed E-state index contributed by atoms with van der Waals surface area (Å²) < 4.78 is 0. The molecule has 1 aromatic carbocycles. The average Bonchev–Trinajstić information content (AvgIpc) is 3.03. The first kappa shape index (κ1) is 12.8. The molecule has 4 atom stereocenters. The Hall–Kier alpha value is -1.20. The van der Waals surface area contributed by atoms with Crippen LogP contribution < -0.4 is 5.32 Å². The lowest BCUT2D eigenvalue weighted by molar-refractivity contribution is 0.304. The van der Waals surface area contributed by atoms with Crippen LogP contribution in [-0.2, 0) is 0 Å². The normalized spacial score (nSPS) is 30.1. The zero-order chi connectivity index (χ0) is 13.4. The third-order valence-electron chi connectivity index (χ3n) is 4.92. The molecule has 0 spiro atoms. The van der Waals surface area contributed by atoms with E-state index in [1.807, 2.05) is 12.1 Å². The molecule has 0 amide bonds. The summed E-state index contributed by atoms with van der Waals surface area (Å²) in [7, 11) is 0. The van der Waals surface area contributed by atoms with Gasteiger partial charge in [-0.15, -0.1) is 0 Å². The van der Waals surface area contributed by atoms with Gasteiger partial charge in [0, 0.05) is 6.04 Å². The van der Waals surface area contributed by atoms with Gasteiger partial charge in [0.25, 0.3) is 0 Å². The maximum absolute atomic E-state index is 8.85. The van der Waals surface area contributed by atoms with Gasteiger partial charge in [-0.3, -0.25) is 0 Å². The monoisotopic (exact) mass is 274 g/mol. The Bertz CT molecular complexity index is 520. The van der Waals surface area contributed by atoms with E-state index in [9.17, 15) is 0 Å². The number of anilines is 1. The van der Waals surface area contributed by atoms with Gasteiger partial charge in [-0.25, -0.2) is 0 Å². The van der Waals surface area contributed by atoms with Crippen LogP contribution in [0.4, 0.5) is 5.69 Å². The second-order valence-electron chi connectivity index (χ2n) is 6.08. The lowest BCUT2D eigenvalue weighted by atomic mass is 9.84. The first-order valence-corrected chi connectivity index (χ1v) is 7.51. The minimum absolute atomic E-state index is 0.459. The van der Waals surface area contributed by atoms with Crippen LogP contribution in [0, 0.1) is 29.1 Å². The van der Waals surface area contributed by atoms with E-state index in [1.54, 1.807) is 6.07 Å². The third-order valence-corrected chi connectivity index (χ3v) is 5.23. The maximum atomic E-state index is 8.85. The molecule has 0 aliphatic heterocycles. The van der Waals surface area contributed by atoms with E-state index in [2.05, 4.69) is 18.3 Å². The van der Waals surface area contributed by atoms with Gasteiger partial charge in [0.05, 0.1) is 22.3 Å². The molecule has 2 fully saturated rings. The fraction of sp³-hybridized carbons (Fsp3) is 0.562. The Morgan fingerprint density at radius 1 is 1.37 bits per heavy atom. The van der Waals surface area contributed by atoms with Gasteiger partial charge in [0.15, 0.2) is 0 Å². The van der Waals surface area contributed by atoms with Gasteiger partial charge in [-0.2, -0.15) is 5.26 Å². The van der Waals surface area contributed by atoms with Crippen LogP contribution in [0.2, 0.25) is 5.02 Å². The van der Waals surface area contributed by atoms with Crippen molar-refractivity contribution in [1.82, 2.24) is 0 Å². The van der Waals surface area contributed by atoms with E-state index in [1.165, 1.54) is 25.7 Å². The molecule has 3 heteroatoms. The fourth-order valence-electron chi connectivity index (χ4n) is 3.96. The number of hydrogen-bond acceptors (Lipinski definition) is 2. The smallest absolute Gasteiger partial charge is 0.0992 e. The number of halogens is 1. The predicted molar refractivity (Wildman–Crippen MR) is 78.2 cm³/mol. The molecule has 1 aromatic rings. The number of fused-ring (bicyclic) bond motifs is 2. The molecule has 100 valence electrons. The van der Waals surface area contributed by atoms with Crippen molar-refractivity contribution in [2.24, 2.45) is 17.8 Å². The molecule has 2 aliphatic rings. The van der Waals surface area contributed by atoms with Crippen molar-refractivity contribution in [2.45, 2.75) is 38.6 Å². The van der Waals surface area contributed by atoms with E-state index in [0.29, 0.717) is 16.6 Å². The van der Waals surface area contributed by atoms with Crippen molar-refractivity contribution in [2.75, 3.05) is 5.32 Å². The summed E-state index contributed by atoms with van der Waals surface area (Å²) >= 11 is 6.22. The highest BCUT2D eigenvalue weighted by atomic mass is 35.5. The summed E-state index contributed by atoms with van der Waals surface area (Å²) in [6.07, 6.45) is 5.64. The van der Waals surface area contributed by atoms with Gasteiger partial charge in [-0.1, -0.05) is 18.0 Å². The summed E-state index contributed by atoms with van der Waals surface area (Å²) in [6.45, 7) is 2.26. The average molecular weight is 275 g/mol. The fourth-order valence-corrected chi connectivity index (χ4v) is 4.20. The van der Waals surface area contributed by atoms with Crippen molar-refractivity contribution < 1.29 is 0 Å². The molecular weight excluding hydrogens is 256 g/mol. The highest BCUT2D eigenvalue weighted by Crippen LogP contribution is 2.50. The molecule has 2 saturated carbocycles. The van der Waals surface area contributed by atoms with Gasteiger partial charge in [-0.05, 0) is 62.1 Å². The van der Waals surface area contributed by atoms with Gasteiger partial charge < -0.3 is 5.32 Å². The van der Waals surface area contributed by atoms with Crippen LogP contribution in [0.1, 0.15) is 38.2 Å². The molecule has 2 nitrogen and oxygen atoms in total. The Labute approximate surface area is 119 Å². The molecule has 0 aromatic heterocycles. The first-order chi connectivity index (χ1) is 9.17. The lowest BCUT2D eigenvalue weighted by Crippen LogP contribution is -2.30. The minimum atomic E-state index is 0.459. The Morgan fingerprint density at radius 2 is 2.21 bits per heavy atom. The summed E-state index contributed by atoms with van der Waals surface area (Å²) in [6, 6.07) is 8.05. The standard InChI is InChI=1S/C16H19ClN2/c1-10(14-7-11-2-4-13(14)6-11)19-16-5-3-12(9-18)8-15(16)17/h3,5,8,10-11,13-14,19H,2,4,6-7H2,1H3. The van der Waals surface area contributed by atoms with Gasteiger partial charge >= 0.3 is 0 Å². The Morgan fingerprint density at radius 3 is 2.79 bits per heavy atom. The van der Waals surface area contributed by atoms with Gasteiger partial charge in [0.2, 0.25) is 0 Å². The first-order valence-electron chi connectivity index (χ1n) is 7.13. The van der Waals surface area contributed by atoms with Crippen molar-refractivity contribution in [1.29, 1.82) is 5.26 Å². The van der Waals surface area contributed by atoms with E-state index in [0.717, 1.165) is 23.4 Å². The quantitative estimate of drug-likeness (QED) is 0.884. The van der Waals surface area contributed by atoms with E-state index in [-0.39, 0.29) is 0 Å². The molecule has 0 heterocycles. The number of rotatable bonds is 3. The number of nitrogens with one attached hydrogen (secondary N) is 1. The SMILES string of the molecule is CC(Nc1ccc(C#N)cc1Cl)C1CC2CCC1C2. The van der Waals surface area contributed by atoms with Crippen LogP contribution in [-0.4, -0.2) is 6.04 Å². The predicted octanol–water partition coefficient (Wildman–Crippen LogP) is 4.45. The number of hydrogen-bond donors (Lipinski definition) is 1. The van der Waals surface area contributed by atoms with E-state index < -0.39 is 0 Å². The highest BCUT2D eigenvalue weighted by molar-refractivity contribution is 6.33. The Kier molecular flexibility index (Phi) is 3.41. The van der Waals surface area contributed by atoms with Crippen LogP contribution in [0.5, 0.6) is 0 Å². The maximum Gasteiger partial charge on any atom is 0.0992 e. The number of nitriles is 1. The van der Waals surface area contributed by atoms with Crippen molar-refractivity contribution in [3.8, 4) is 6.07 Å². The molecule has 4 unspecified atom stereocenters. The third kappa shape index (κ3) is 2.44. The summed E-state index contributed by atoms with van der Waals surface area (Å²) in [5.74, 6) is 2.66. The van der Waals surface area contributed by atoms with Crippen molar-refractivity contribution in [3.05, 3.63) is 28.8 Å². The lowest BCUT2D eigenvalue weighted by Gasteiger charge is -2.29. The molecule has 2 bridgehead atoms. The molecule has 0 radical (unpaired) electrons. The van der Waals surface area contributed by atoms with Crippen LogP contribution in [0.15, 0.2) is 18.2 Å². The van der Waals surface area contributed by atoms with Gasteiger partial charge in [0.1, 0.15) is 0 Å². The summed E-state index contributed by atoms with van der Waals surface area (Å²) in [5.41, 5.74) is 1.57. The topological polar surface area (TPSA) is 35.8 Å². The molecule has 19 heavy (non-hydrogen) atoms. The molecule has 2 aliphatic carbocycles. The second-order valence-corrected chi connectivity index (χ2v) is 6.49. The minimum Gasteiger partial charge on any atom is -0.381 e. The molecular formula is C16H19ClN2. The summed E-state index contributed by atoms with van der Waals surface area (Å²) in [4.78, 5) is 0. The zero-order valence-corrected chi connectivity index (χ0v) is 12.0. The number of benzene rings is 1. The largest absolute Gasteiger partial charge is 0.381 e. The van der Waals surface area contributed by atoms with E-state index >= 15 is 0 Å². The zero-order valence-electron chi connectivity index (χ0n) is 11.2. The molecule has 1 N–H and O–H groups in total. The van der Waals surface area contributed by atoms with Crippen molar-refractivity contribution >= 4 is 17.3 Å². The van der Waals surface area contributed by atoms with E-state index in [4.69, 9.17) is 16.9 Å². The highest BCUT2D eigenvalue weighted by Gasteiger charge is 2.41. The number of nitrogens with zero attached hydrogens (tertiary/aromatic N) is 1. The summed E-state index contributed by atoms with van der Waals surface area (Å²) in [5, 5.41) is 13.0. The molecule has 0 saturated heterocycles. The van der Waals surface area contributed by atoms with Crippen LogP contribution >= 0.6 is 11.6 Å². The second kappa shape index (κ2) is 5.06. The van der Waals surface area contributed by atoms with Crippen molar-refractivity contribution in [3.63, 3.8) is 0 Å². The Balaban J connectivity index is 1.70. The molecule has 3 rings (SSSR count).